The van der Waals surface area contributed by atoms with E-state index in [1.54, 1.807) is 48.0 Å². The molecule has 1 unspecified atom stereocenters. The van der Waals surface area contributed by atoms with Gasteiger partial charge in [-0.1, -0.05) is 38.9 Å². The first-order chi connectivity index (χ1) is 18.1. The number of para-hydroxylation sites is 1. The number of phenolic OH excluding ortho intramolecular Hbond substituents is 1. The molecule has 0 aliphatic rings. The molecular formula is C28H26N5O3P. The van der Waals surface area contributed by atoms with Crippen LogP contribution in [0.2, 0.25) is 0 Å². The van der Waals surface area contributed by atoms with E-state index in [9.17, 15) is 9.90 Å². The third kappa shape index (κ3) is 5.25. The van der Waals surface area contributed by atoms with Gasteiger partial charge in [-0.3, -0.25) is 4.79 Å². The van der Waals surface area contributed by atoms with E-state index in [-0.39, 0.29) is 11.7 Å². The molecule has 0 saturated carbocycles. The minimum Gasteiger partial charge on any atom is -0.507 e. The number of nitrogens with one attached hydrogen (secondary N) is 2. The number of fused-ring (bicyclic) bond motifs is 1. The average molecular weight is 512 g/mol. The van der Waals surface area contributed by atoms with Gasteiger partial charge in [0.15, 0.2) is 5.65 Å². The van der Waals surface area contributed by atoms with Crippen molar-refractivity contribution in [2.75, 3.05) is 24.4 Å². The Hall–Kier alpha value is -4.42. The standard InChI is InChI=1S/C28H26N5O3P/c1-36-21-10-6-8-19(14-21)28(35)31-20-9-5-7-18(13-20)16-29-26-15-23(22-11-3-4-12-24(22)34)32-27-25(37-2)17-30-33(26)27/h3-15,17,29,34,37H,16H2,1-2H3,(H,31,35). The van der Waals surface area contributed by atoms with Gasteiger partial charge in [0.2, 0.25) is 0 Å². The fraction of sp³-hybridized carbons (Fsp3) is 0.107. The molecule has 37 heavy (non-hydrogen) atoms. The van der Waals surface area contributed by atoms with Gasteiger partial charge in [-0.2, -0.15) is 9.61 Å². The summed E-state index contributed by atoms with van der Waals surface area (Å²) in [5.41, 5.74) is 4.25. The number of phenols is 1. The Labute approximate surface area is 216 Å². The van der Waals surface area contributed by atoms with E-state index in [0.29, 0.717) is 43.4 Å². The molecule has 5 aromatic rings. The van der Waals surface area contributed by atoms with E-state index in [2.05, 4.69) is 22.4 Å². The maximum atomic E-state index is 12.7. The van der Waals surface area contributed by atoms with Crippen molar-refractivity contribution in [2.24, 2.45) is 0 Å². The second-order valence-corrected chi connectivity index (χ2v) is 9.37. The molecule has 9 heteroatoms. The van der Waals surface area contributed by atoms with Gasteiger partial charge in [-0.05, 0) is 54.7 Å². The SMILES string of the molecule is COc1cccc(C(=O)Nc2cccc(CNc3cc(-c4ccccc4O)nc4c(PC)cnn34)c2)c1. The monoisotopic (exact) mass is 511 g/mol. The molecule has 0 fully saturated rings. The van der Waals surface area contributed by atoms with Crippen LogP contribution in [0.25, 0.3) is 16.9 Å². The van der Waals surface area contributed by atoms with Crippen molar-refractivity contribution < 1.29 is 14.6 Å². The number of methoxy groups -OCH3 is 1. The van der Waals surface area contributed by atoms with Gasteiger partial charge in [0.25, 0.3) is 5.91 Å². The van der Waals surface area contributed by atoms with Crippen LogP contribution in [0, 0.1) is 0 Å². The topological polar surface area (TPSA) is 101 Å². The van der Waals surface area contributed by atoms with Crippen LogP contribution < -0.4 is 20.7 Å². The highest BCUT2D eigenvalue weighted by molar-refractivity contribution is 7.46. The molecule has 0 saturated heterocycles. The van der Waals surface area contributed by atoms with Crippen molar-refractivity contribution in [1.29, 1.82) is 0 Å². The van der Waals surface area contributed by atoms with Gasteiger partial charge < -0.3 is 20.5 Å². The molecule has 1 amide bonds. The van der Waals surface area contributed by atoms with Crippen LogP contribution in [-0.2, 0) is 6.54 Å². The number of hydrogen-bond acceptors (Lipinski definition) is 6. The molecule has 0 spiro atoms. The van der Waals surface area contributed by atoms with Gasteiger partial charge in [0.05, 0.1) is 19.0 Å². The average Bonchev–Trinajstić information content (AvgIpc) is 3.35. The fourth-order valence-electron chi connectivity index (χ4n) is 4.01. The summed E-state index contributed by atoms with van der Waals surface area (Å²) in [6.45, 7) is 2.58. The number of carbonyl (C=O) groups is 1. The molecule has 0 bridgehead atoms. The van der Waals surface area contributed by atoms with Gasteiger partial charge in [-0.25, -0.2) is 4.98 Å². The number of benzene rings is 3. The molecule has 3 N–H and O–H groups in total. The minimum absolute atomic E-state index is 0.171. The smallest absolute Gasteiger partial charge is 0.255 e. The van der Waals surface area contributed by atoms with Gasteiger partial charge in [-0.15, -0.1) is 0 Å². The lowest BCUT2D eigenvalue weighted by Crippen LogP contribution is -2.12. The van der Waals surface area contributed by atoms with Gasteiger partial charge >= 0.3 is 0 Å². The predicted molar refractivity (Wildman–Crippen MR) is 149 cm³/mol. The van der Waals surface area contributed by atoms with Crippen LogP contribution in [0.5, 0.6) is 11.5 Å². The number of ether oxygens (including phenoxy) is 1. The summed E-state index contributed by atoms with van der Waals surface area (Å²) in [5, 5.41) is 22.4. The van der Waals surface area contributed by atoms with E-state index in [0.717, 1.165) is 22.3 Å². The van der Waals surface area contributed by atoms with Gasteiger partial charge in [0, 0.05) is 34.7 Å². The maximum absolute atomic E-state index is 12.7. The Morgan fingerprint density at radius 2 is 1.89 bits per heavy atom. The molecule has 186 valence electrons. The van der Waals surface area contributed by atoms with Gasteiger partial charge in [0.1, 0.15) is 17.3 Å². The van der Waals surface area contributed by atoms with Crippen molar-refractivity contribution in [3.63, 3.8) is 0 Å². The lowest BCUT2D eigenvalue weighted by molar-refractivity contribution is 0.102. The first-order valence-corrected chi connectivity index (χ1v) is 13.2. The largest absolute Gasteiger partial charge is 0.507 e. The van der Waals surface area contributed by atoms with Crippen LogP contribution in [0.3, 0.4) is 0 Å². The molecule has 0 aliphatic carbocycles. The van der Waals surface area contributed by atoms with Crippen LogP contribution in [0.4, 0.5) is 11.5 Å². The van der Waals surface area contributed by atoms with E-state index in [1.165, 1.54) is 0 Å². The lowest BCUT2D eigenvalue weighted by Gasteiger charge is -2.13. The summed E-state index contributed by atoms with van der Waals surface area (Å²) in [7, 11) is 2.10. The summed E-state index contributed by atoms with van der Waals surface area (Å²) in [6, 6.07) is 23.7. The highest BCUT2D eigenvalue weighted by Gasteiger charge is 2.14. The zero-order valence-electron chi connectivity index (χ0n) is 20.4. The highest BCUT2D eigenvalue weighted by atomic mass is 31.1. The van der Waals surface area contributed by atoms with Crippen LogP contribution in [-0.4, -0.2) is 39.4 Å². The Kier molecular flexibility index (Phi) is 7.01. The van der Waals surface area contributed by atoms with Crippen molar-refractivity contribution >= 4 is 36.9 Å². The Morgan fingerprint density at radius 3 is 2.70 bits per heavy atom. The van der Waals surface area contributed by atoms with Crippen LogP contribution in [0.1, 0.15) is 15.9 Å². The zero-order valence-corrected chi connectivity index (χ0v) is 21.4. The number of hydrogen-bond donors (Lipinski definition) is 3. The molecule has 5 rings (SSSR count). The first-order valence-electron chi connectivity index (χ1n) is 11.7. The van der Waals surface area contributed by atoms with Crippen molar-refractivity contribution in [3.05, 3.63) is 96.2 Å². The number of nitrogens with zero attached hydrogens (tertiary/aromatic N) is 3. The minimum atomic E-state index is -0.211. The third-order valence-electron chi connectivity index (χ3n) is 5.91. The molecule has 2 aromatic heterocycles. The number of amides is 1. The summed E-state index contributed by atoms with van der Waals surface area (Å²) in [4.78, 5) is 17.5. The van der Waals surface area contributed by atoms with Crippen LogP contribution >= 0.6 is 8.58 Å². The van der Waals surface area contributed by atoms with E-state index >= 15 is 0 Å². The number of carbonyl (C=O) groups excluding carboxylic acids is 1. The molecule has 0 aliphatic heterocycles. The molecule has 1 atom stereocenters. The number of anilines is 2. The molecule has 8 nitrogen and oxygen atoms in total. The van der Waals surface area contributed by atoms with Crippen molar-refractivity contribution in [2.45, 2.75) is 6.54 Å². The fourth-order valence-corrected chi connectivity index (χ4v) is 4.58. The normalized spacial score (nSPS) is 11.2. The number of aromatic nitrogens is 3. The quantitative estimate of drug-likeness (QED) is 0.256. The third-order valence-corrected chi connectivity index (χ3v) is 6.80. The Balaban J connectivity index is 1.39. The predicted octanol–water partition coefficient (Wildman–Crippen LogP) is 4.91. The zero-order chi connectivity index (χ0) is 25.8. The molecule has 2 heterocycles. The molecule has 0 radical (unpaired) electrons. The van der Waals surface area contributed by atoms with Crippen molar-refractivity contribution in [3.8, 4) is 22.8 Å². The first kappa shape index (κ1) is 24.3. The maximum Gasteiger partial charge on any atom is 0.255 e. The molecule has 3 aromatic carbocycles. The van der Waals surface area contributed by atoms with Crippen molar-refractivity contribution in [1.82, 2.24) is 14.6 Å². The van der Waals surface area contributed by atoms with E-state index in [1.807, 2.05) is 48.7 Å². The summed E-state index contributed by atoms with van der Waals surface area (Å²) >= 11 is 0. The van der Waals surface area contributed by atoms with Crippen LogP contribution in [0.15, 0.2) is 85.1 Å². The molecular weight excluding hydrogens is 485 g/mol. The number of aromatic hydroxyl groups is 1. The summed E-state index contributed by atoms with van der Waals surface area (Å²) < 4.78 is 7.00. The second kappa shape index (κ2) is 10.7. The van der Waals surface area contributed by atoms with E-state index in [4.69, 9.17) is 9.72 Å². The lowest BCUT2D eigenvalue weighted by atomic mass is 10.1. The number of rotatable bonds is 8. The van der Waals surface area contributed by atoms with E-state index < -0.39 is 0 Å². The highest BCUT2D eigenvalue weighted by Crippen LogP contribution is 2.30. The Bertz CT molecular complexity index is 1580. The summed E-state index contributed by atoms with van der Waals surface area (Å²) in [5.74, 6) is 1.34. The second-order valence-electron chi connectivity index (χ2n) is 8.33. The Morgan fingerprint density at radius 1 is 1.05 bits per heavy atom. The summed E-state index contributed by atoms with van der Waals surface area (Å²) in [6.07, 6.45) is 1.83.